The van der Waals surface area contributed by atoms with Crippen LogP contribution in [0.3, 0.4) is 0 Å². The van der Waals surface area contributed by atoms with Crippen LogP contribution in [0.15, 0.2) is 6.33 Å². The fraction of sp³-hybridized carbons (Fsp3) is 0.800. The molecule has 1 aromatic rings. The lowest BCUT2D eigenvalue weighted by molar-refractivity contribution is 0.0781. The number of aromatic nitrogens is 3. The van der Waals surface area contributed by atoms with Crippen molar-refractivity contribution in [1.82, 2.24) is 14.8 Å². The predicted molar refractivity (Wildman–Crippen MR) is 58.2 cm³/mol. The Labute approximate surface area is 90.6 Å². The summed E-state index contributed by atoms with van der Waals surface area (Å²) in [7, 11) is 0. The van der Waals surface area contributed by atoms with Gasteiger partial charge in [0.1, 0.15) is 12.9 Å². The number of ether oxygens (including phenoxy) is 1. The lowest BCUT2D eigenvalue weighted by Gasteiger charge is -2.17. The van der Waals surface area contributed by atoms with E-state index in [0.29, 0.717) is 13.2 Å². The van der Waals surface area contributed by atoms with Crippen molar-refractivity contribution >= 4 is 0 Å². The van der Waals surface area contributed by atoms with E-state index in [1.807, 2.05) is 18.5 Å². The maximum Gasteiger partial charge on any atom is 0.152 e. The van der Waals surface area contributed by atoms with Crippen LogP contribution < -0.4 is 5.73 Å². The topological polar surface area (TPSA) is 66.0 Å². The predicted octanol–water partition coefficient (Wildman–Crippen LogP) is 0.942. The Bertz CT molecular complexity index is 290. The Hall–Kier alpha value is -0.940. The van der Waals surface area contributed by atoms with Gasteiger partial charge in [-0.15, -0.1) is 0 Å². The van der Waals surface area contributed by atoms with Crippen LogP contribution in [-0.2, 0) is 17.9 Å². The van der Waals surface area contributed by atoms with Gasteiger partial charge in [0.2, 0.25) is 0 Å². The zero-order chi connectivity index (χ0) is 11.3. The monoisotopic (exact) mass is 212 g/mol. The van der Waals surface area contributed by atoms with E-state index in [1.54, 1.807) is 6.33 Å². The van der Waals surface area contributed by atoms with Crippen LogP contribution in [0.2, 0.25) is 0 Å². The zero-order valence-electron chi connectivity index (χ0n) is 9.73. The standard InChI is InChI=1S/C10H20N4O/c1-4-5-14-9(12-8-13-14)6-15-7-10(2,3)11/h8H,4-7,11H2,1-3H3. The highest BCUT2D eigenvalue weighted by atomic mass is 16.5. The van der Waals surface area contributed by atoms with Gasteiger partial charge in [0.15, 0.2) is 5.82 Å². The van der Waals surface area contributed by atoms with Gasteiger partial charge in [-0.05, 0) is 20.3 Å². The molecule has 15 heavy (non-hydrogen) atoms. The summed E-state index contributed by atoms with van der Waals surface area (Å²) in [4.78, 5) is 4.14. The van der Waals surface area contributed by atoms with Crippen molar-refractivity contribution < 1.29 is 4.74 Å². The molecule has 5 nitrogen and oxygen atoms in total. The molecule has 0 amide bonds. The third-order valence-electron chi connectivity index (χ3n) is 1.84. The van der Waals surface area contributed by atoms with Crippen LogP contribution in [0.5, 0.6) is 0 Å². The summed E-state index contributed by atoms with van der Waals surface area (Å²) in [5.74, 6) is 0.862. The Morgan fingerprint density at radius 1 is 1.53 bits per heavy atom. The third kappa shape index (κ3) is 4.40. The molecule has 1 heterocycles. The van der Waals surface area contributed by atoms with Crippen molar-refractivity contribution in [2.75, 3.05) is 6.61 Å². The smallest absolute Gasteiger partial charge is 0.152 e. The van der Waals surface area contributed by atoms with Crippen LogP contribution >= 0.6 is 0 Å². The normalized spacial score (nSPS) is 12.0. The van der Waals surface area contributed by atoms with Crippen LogP contribution in [0.1, 0.15) is 33.0 Å². The van der Waals surface area contributed by atoms with Gasteiger partial charge in [-0.3, -0.25) is 0 Å². The Morgan fingerprint density at radius 2 is 2.27 bits per heavy atom. The molecule has 0 bridgehead atoms. The first-order chi connectivity index (χ1) is 7.03. The van der Waals surface area contributed by atoms with E-state index in [1.165, 1.54) is 0 Å². The highest BCUT2D eigenvalue weighted by molar-refractivity contribution is 4.82. The van der Waals surface area contributed by atoms with Gasteiger partial charge in [0.25, 0.3) is 0 Å². The van der Waals surface area contributed by atoms with E-state index < -0.39 is 0 Å². The largest absolute Gasteiger partial charge is 0.372 e. The number of hydrogen-bond acceptors (Lipinski definition) is 4. The van der Waals surface area contributed by atoms with Crippen LogP contribution in [-0.4, -0.2) is 26.9 Å². The van der Waals surface area contributed by atoms with E-state index in [-0.39, 0.29) is 5.54 Å². The first-order valence-corrected chi connectivity index (χ1v) is 5.26. The molecule has 0 aliphatic heterocycles. The maximum absolute atomic E-state index is 5.80. The number of rotatable bonds is 6. The van der Waals surface area contributed by atoms with E-state index >= 15 is 0 Å². The molecule has 0 aromatic carbocycles. The Morgan fingerprint density at radius 3 is 2.87 bits per heavy atom. The van der Waals surface area contributed by atoms with Gasteiger partial charge in [0.05, 0.1) is 6.61 Å². The molecular weight excluding hydrogens is 192 g/mol. The molecular formula is C10H20N4O. The lowest BCUT2D eigenvalue weighted by atomic mass is 10.1. The minimum atomic E-state index is -0.296. The summed E-state index contributed by atoms with van der Waals surface area (Å²) >= 11 is 0. The Balaban J connectivity index is 2.40. The molecule has 0 unspecified atom stereocenters. The lowest BCUT2D eigenvalue weighted by Crippen LogP contribution is -2.37. The highest BCUT2D eigenvalue weighted by Gasteiger charge is 2.11. The number of nitrogens with two attached hydrogens (primary N) is 1. The maximum atomic E-state index is 5.80. The van der Waals surface area contributed by atoms with Gasteiger partial charge in [-0.2, -0.15) is 5.10 Å². The van der Waals surface area contributed by atoms with Crippen molar-refractivity contribution in [2.45, 2.75) is 45.9 Å². The van der Waals surface area contributed by atoms with Gasteiger partial charge in [-0.1, -0.05) is 6.92 Å². The number of nitrogens with zero attached hydrogens (tertiary/aromatic N) is 3. The van der Waals surface area contributed by atoms with E-state index in [2.05, 4.69) is 17.0 Å². The first kappa shape index (κ1) is 12.1. The molecule has 0 fully saturated rings. The minimum Gasteiger partial charge on any atom is -0.372 e. The van der Waals surface area contributed by atoms with Crippen LogP contribution in [0.25, 0.3) is 0 Å². The van der Waals surface area contributed by atoms with E-state index in [0.717, 1.165) is 18.8 Å². The summed E-state index contributed by atoms with van der Waals surface area (Å²) in [6.45, 7) is 7.85. The molecule has 5 heteroatoms. The molecule has 0 saturated carbocycles. The summed E-state index contributed by atoms with van der Waals surface area (Å²) < 4.78 is 7.35. The quantitative estimate of drug-likeness (QED) is 0.762. The second-order valence-electron chi connectivity index (χ2n) is 4.38. The van der Waals surface area contributed by atoms with Crippen molar-refractivity contribution in [3.63, 3.8) is 0 Å². The molecule has 0 radical (unpaired) electrons. The van der Waals surface area contributed by atoms with Crippen molar-refractivity contribution in [3.05, 3.63) is 12.2 Å². The van der Waals surface area contributed by atoms with Crippen LogP contribution in [0, 0.1) is 0 Å². The minimum absolute atomic E-state index is 0.296. The van der Waals surface area contributed by atoms with Gasteiger partial charge in [0, 0.05) is 12.1 Å². The molecule has 0 saturated heterocycles. The second-order valence-corrected chi connectivity index (χ2v) is 4.38. The molecule has 1 aromatic heterocycles. The van der Waals surface area contributed by atoms with E-state index in [9.17, 15) is 0 Å². The fourth-order valence-electron chi connectivity index (χ4n) is 1.20. The number of hydrogen-bond donors (Lipinski definition) is 1. The molecule has 0 atom stereocenters. The summed E-state index contributed by atoms with van der Waals surface area (Å²) in [6.07, 6.45) is 2.60. The molecule has 0 aliphatic rings. The third-order valence-corrected chi connectivity index (χ3v) is 1.84. The van der Waals surface area contributed by atoms with Crippen molar-refractivity contribution in [1.29, 1.82) is 0 Å². The second kappa shape index (κ2) is 5.23. The molecule has 1 rings (SSSR count). The average Bonchev–Trinajstić information content (AvgIpc) is 2.51. The zero-order valence-corrected chi connectivity index (χ0v) is 9.73. The van der Waals surface area contributed by atoms with Gasteiger partial charge >= 0.3 is 0 Å². The van der Waals surface area contributed by atoms with Crippen molar-refractivity contribution in [2.24, 2.45) is 5.73 Å². The van der Waals surface area contributed by atoms with Crippen LogP contribution in [0.4, 0.5) is 0 Å². The van der Waals surface area contributed by atoms with Crippen molar-refractivity contribution in [3.8, 4) is 0 Å². The van der Waals surface area contributed by atoms with E-state index in [4.69, 9.17) is 10.5 Å². The Kier molecular flexibility index (Phi) is 4.23. The summed E-state index contributed by atoms with van der Waals surface area (Å²) in [5.41, 5.74) is 5.51. The highest BCUT2D eigenvalue weighted by Crippen LogP contribution is 2.02. The molecule has 0 spiro atoms. The average molecular weight is 212 g/mol. The molecule has 0 aliphatic carbocycles. The SMILES string of the molecule is CCCn1ncnc1COCC(C)(C)N. The number of aryl methyl sites for hydroxylation is 1. The molecule has 86 valence electrons. The summed E-state index contributed by atoms with van der Waals surface area (Å²) in [6, 6.07) is 0. The molecule has 2 N–H and O–H groups in total. The summed E-state index contributed by atoms with van der Waals surface area (Å²) in [5, 5.41) is 4.12. The van der Waals surface area contributed by atoms with Gasteiger partial charge in [-0.25, -0.2) is 9.67 Å². The first-order valence-electron chi connectivity index (χ1n) is 5.26. The van der Waals surface area contributed by atoms with Gasteiger partial charge < -0.3 is 10.5 Å². The fourth-order valence-corrected chi connectivity index (χ4v) is 1.20.